The summed E-state index contributed by atoms with van der Waals surface area (Å²) in [5.74, 6) is 2.52. The first kappa shape index (κ1) is 5.45. The molecule has 7 heavy (non-hydrogen) atoms. The van der Waals surface area contributed by atoms with Gasteiger partial charge in [-0.2, -0.15) is 0 Å². The molecule has 0 radical (unpaired) electrons. The van der Waals surface area contributed by atoms with E-state index in [2.05, 4.69) is 11.8 Å². The molecule has 0 unspecified atom stereocenters. The lowest BCUT2D eigenvalue weighted by Crippen LogP contribution is -1.92. The first-order valence-electron chi connectivity index (χ1n) is 2.73. The minimum Gasteiger partial charge on any atom is -0.292 e. The summed E-state index contributed by atoms with van der Waals surface area (Å²) in [4.78, 5) is 2.42. The summed E-state index contributed by atoms with van der Waals surface area (Å²) in [6, 6.07) is 0. The van der Waals surface area contributed by atoms with Crippen LogP contribution < -0.4 is 0 Å². The topological polar surface area (TPSA) is 3.01 Å². The Labute approximate surface area is 49.1 Å². The van der Waals surface area contributed by atoms with Gasteiger partial charge >= 0.3 is 0 Å². The molecule has 2 heteroatoms. The molecule has 0 aromatic heterocycles. The number of rotatable bonds is 3. The van der Waals surface area contributed by atoms with Crippen LogP contribution in [0.25, 0.3) is 0 Å². The highest BCUT2D eigenvalue weighted by Crippen LogP contribution is 2.09. The van der Waals surface area contributed by atoms with Gasteiger partial charge in [-0.3, -0.25) is 4.90 Å². The molecule has 1 heterocycles. The van der Waals surface area contributed by atoms with Gasteiger partial charge in [0.25, 0.3) is 0 Å². The average molecular weight is 117 g/mol. The van der Waals surface area contributed by atoms with Crippen molar-refractivity contribution >= 4 is 11.8 Å². The van der Waals surface area contributed by atoms with Crippen LogP contribution in [0.15, 0.2) is 0 Å². The lowest BCUT2D eigenvalue weighted by Gasteiger charge is -1.93. The van der Waals surface area contributed by atoms with Gasteiger partial charge < -0.3 is 0 Å². The molecule has 42 valence electrons. The van der Waals surface area contributed by atoms with Crippen LogP contribution in [0, 0.1) is 0 Å². The standard InChI is InChI=1S/C5H11NS/c1-2-7-5-6-3-4-6/h2-5H2,1H3. The Hall–Kier alpha value is 0.310. The third kappa shape index (κ3) is 2.19. The number of nitrogens with zero attached hydrogens (tertiary/aromatic N) is 1. The Kier molecular flexibility index (Phi) is 2.00. The van der Waals surface area contributed by atoms with E-state index in [1.54, 1.807) is 0 Å². The summed E-state index contributed by atoms with van der Waals surface area (Å²) < 4.78 is 0. The van der Waals surface area contributed by atoms with E-state index in [1.165, 1.54) is 24.7 Å². The van der Waals surface area contributed by atoms with Crippen LogP contribution in [-0.4, -0.2) is 29.6 Å². The van der Waals surface area contributed by atoms with E-state index >= 15 is 0 Å². The van der Waals surface area contributed by atoms with Crippen LogP contribution in [0.2, 0.25) is 0 Å². The molecule has 1 rings (SSSR count). The van der Waals surface area contributed by atoms with Crippen molar-refractivity contribution in [3.8, 4) is 0 Å². The number of hydrogen-bond donors (Lipinski definition) is 0. The van der Waals surface area contributed by atoms with Crippen molar-refractivity contribution in [2.75, 3.05) is 24.7 Å². The van der Waals surface area contributed by atoms with Crippen LogP contribution in [-0.2, 0) is 0 Å². The maximum absolute atomic E-state index is 2.42. The smallest absolute Gasteiger partial charge is 0.0445 e. The lowest BCUT2D eigenvalue weighted by molar-refractivity contribution is 0.671. The molecular formula is C5H11NS. The largest absolute Gasteiger partial charge is 0.292 e. The molecule has 1 aliphatic rings. The van der Waals surface area contributed by atoms with E-state index < -0.39 is 0 Å². The molecular weight excluding hydrogens is 106 g/mol. The van der Waals surface area contributed by atoms with E-state index in [4.69, 9.17) is 0 Å². The average Bonchev–Trinajstić information content (AvgIpc) is 2.42. The van der Waals surface area contributed by atoms with Crippen LogP contribution in [0.1, 0.15) is 6.92 Å². The second kappa shape index (κ2) is 2.58. The zero-order valence-corrected chi connectivity index (χ0v) is 5.50. The van der Waals surface area contributed by atoms with E-state index in [0.29, 0.717) is 0 Å². The quantitative estimate of drug-likeness (QED) is 0.507. The number of hydrogen-bond acceptors (Lipinski definition) is 2. The SMILES string of the molecule is CCSCN1CC1. The van der Waals surface area contributed by atoms with Gasteiger partial charge in [0.2, 0.25) is 0 Å². The molecule has 0 aliphatic carbocycles. The first-order chi connectivity index (χ1) is 3.43. The van der Waals surface area contributed by atoms with Crippen molar-refractivity contribution < 1.29 is 0 Å². The number of thioether (sulfide) groups is 1. The highest BCUT2D eigenvalue weighted by atomic mass is 32.2. The summed E-state index contributed by atoms with van der Waals surface area (Å²) >= 11 is 2.00. The highest BCUT2D eigenvalue weighted by molar-refractivity contribution is 7.99. The Balaban J connectivity index is 1.80. The van der Waals surface area contributed by atoms with Gasteiger partial charge in [-0.05, 0) is 5.75 Å². The van der Waals surface area contributed by atoms with Gasteiger partial charge in [0.05, 0.1) is 0 Å². The van der Waals surface area contributed by atoms with Gasteiger partial charge in [-0.25, -0.2) is 0 Å². The van der Waals surface area contributed by atoms with Crippen molar-refractivity contribution in [1.29, 1.82) is 0 Å². The lowest BCUT2D eigenvalue weighted by atomic mass is 11.0. The monoisotopic (exact) mass is 117 g/mol. The van der Waals surface area contributed by atoms with Crippen LogP contribution in [0.4, 0.5) is 0 Å². The zero-order valence-electron chi connectivity index (χ0n) is 4.68. The molecule has 1 saturated heterocycles. The molecule has 0 amide bonds. The zero-order chi connectivity index (χ0) is 5.11. The third-order valence-corrected chi connectivity index (χ3v) is 1.97. The summed E-state index contributed by atoms with van der Waals surface area (Å²) in [5.41, 5.74) is 0. The van der Waals surface area contributed by atoms with E-state index in [-0.39, 0.29) is 0 Å². The molecule has 0 saturated carbocycles. The van der Waals surface area contributed by atoms with Crippen molar-refractivity contribution in [2.24, 2.45) is 0 Å². The maximum Gasteiger partial charge on any atom is 0.0445 e. The highest BCUT2D eigenvalue weighted by Gasteiger charge is 2.14. The van der Waals surface area contributed by atoms with Crippen LogP contribution in [0.3, 0.4) is 0 Å². The van der Waals surface area contributed by atoms with Gasteiger partial charge in [-0.1, -0.05) is 6.92 Å². The van der Waals surface area contributed by atoms with E-state index in [1.807, 2.05) is 11.8 Å². The van der Waals surface area contributed by atoms with Crippen molar-refractivity contribution in [3.63, 3.8) is 0 Å². The van der Waals surface area contributed by atoms with E-state index in [0.717, 1.165) is 0 Å². The minimum absolute atomic E-state index is 1.26. The second-order valence-corrected chi connectivity index (χ2v) is 2.98. The molecule has 0 aromatic carbocycles. The van der Waals surface area contributed by atoms with Gasteiger partial charge in [0.1, 0.15) is 0 Å². The fourth-order valence-corrected chi connectivity index (χ4v) is 1.12. The van der Waals surface area contributed by atoms with Gasteiger partial charge in [-0.15, -0.1) is 11.8 Å². The predicted octanol–water partition coefficient (Wildman–Crippen LogP) is 1.01. The summed E-state index contributed by atoms with van der Waals surface area (Å²) in [6.07, 6.45) is 0. The van der Waals surface area contributed by atoms with Crippen LogP contribution >= 0.6 is 11.8 Å². The Morgan fingerprint density at radius 2 is 2.29 bits per heavy atom. The molecule has 1 nitrogen and oxygen atoms in total. The maximum atomic E-state index is 2.42. The Bertz CT molecular complexity index is 52.0. The Morgan fingerprint density at radius 1 is 1.57 bits per heavy atom. The van der Waals surface area contributed by atoms with Crippen LogP contribution in [0.5, 0.6) is 0 Å². The molecule has 0 bridgehead atoms. The molecule has 0 aromatic rings. The van der Waals surface area contributed by atoms with E-state index in [9.17, 15) is 0 Å². The fourth-order valence-electron chi connectivity index (χ4n) is 0.420. The van der Waals surface area contributed by atoms with Crippen molar-refractivity contribution in [1.82, 2.24) is 4.90 Å². The van der Waals surface area contributed by atoms with Crippen molar-refractivity contribution in [3.05, 3.63) is 0 Å². The Morgan fingerprint density at radius 3 is 2.71 bits per heavy atom. The first-order valence-corrected chi connectivity index (χ1v) is 3.89. The van der Waals surface area contributed by atoms with Gasteiger partial charge in [0, 0.05) is 19.0 Å². The third-order valence-electron chi connectivity index (χ3n) is 1.02. The summed E-state index contributed by atoms with van der Waals surface area (Å²) in [5, 5.41) is 0. The molecule has 1 aliphatic heterocycles. The summed E-state index contributed by atoms with van der Waals surface area (Å²) in [7, 11) is 0. The minimum atomic E-state index is 1.26. The normalized spacial score (nSPS) is 20.1. The molecule has 0 spiro atoms. The summed E-state index contributed by atoms with van der Waals surface area (Å²) in [6.45, 7) is 4.88. The fraction of sp³-hybridized carbons (Fsp3) is 1.00. The van der Waals surface area contributed by atoms with Crippen molar-refractivity contribution in [2.45, 2.75) is 6.92 Å². The predicted molar refractivity (Wildman–Crippen MR) is 34.6 cm³/mol. The van der Waals surface area contributed by atoms with Gasteiger partial charge in [0.15, 0.2) is 0 Å². The molecule has 1 fully saturated rings. The molecule has 0 N–H and O–H groups in total. The molecule has 0 atom stereocenters. The second-order valence-electron chi connectivity index (χ2n) is 1.74.